The first kappa shape index (κ1) is 9.36. The van der Waals surface area contributed by atoms with Crippen LogP contribution < -0.4 is 5.32 Å². The van der Waals surface area contributed by atoms with Crippen LogP contribution in [0, 0.1) is 0 Å². The Balaban J connectivity index is 1.95. The first-order chi connectivity index (χ1) is 5.83. The lowest BCUT2D eigenvalue weighted by atomic mass is 9.96. The number of nitrogens with one attached hydrogen (secondary N) is 1. The van der Waals surface area contributed by atoms with E-state index in [0.29, 0.717) is 0 Å². The lowest BCUT2D eigenvalue weighted by Gasteiger charge is -2.25. The van der Waals surface area contributed by atoms with E-state index < -0.39 is 0 Å². The minimum Gasteiger partial charge on any atom is -0.446 e. The van der Waals surface area contributed by atoms with E-state index in [4.69, 9.17) is 4.74 Å². The summed E-state index contributed by atoms with van der Waals surface area (Å²) in [6.45, 7) is 2.83. The SMILES string of the molecule is CCCCNC(=O)OC1CCC1. The summed E-state index contributed by atoms with van der Waals surface area (Å²) in [4.78, 5) is 11.0. The minimum atomic E-state index is -0.242. The van der Waals surface area contributed by atoms with Crippen molar-refractivity contribution < 1.29 is 9.53 Å². The topological polar surface area (TPSA) is 38.3 Å². The molecule has 70 valence electrons. The normalized spacial score (nSPS) is 16.8. The van der Waals surface area contributed by atoms with Crippen molar-refractivity contribution in [2.75, 3.05) is 6.54 Å². The van der Waals surface area contributed by atoms with Gasteiger partial charge >= 0.3 is 6.09 Å². The highest BCUT2D eigenvalue weighted by Crippen LogP contribution is 2.21. The van der Waals surface area contributed by atoms with Crippen LogP contribution in [0.25, 0.3) is 0 Å². The van der Waals surface area contributed by atoms with Gasteiger partial charge < -0.3 is 10.1 Å². The van der Waals surface area contributed by atoms with E-state index in [0.717, 1.165) is 32.2 Å². The molecular weight excluding hydrogens is 154 g/mol. The first-order valence-corrected chi connectivity index (χ1v) is 4.77. The van der Waals surface area contributed by atoms with Gasteiger partial charge in [-0.1, -0.05) is 13.3 Å². The molecule has 0 bridgehead atoms. The van der Waals surface area contributed by atoms with E-state index in [2.05, 4.69) is 12.2 Å². The van der Waals surface area contributed by atoms with Gasteiger partial charge in [0.15, 0.2) is 0 Å². The molecule has 0 saturated heterocycles. The molecule has 0 spiro atoms. The largest absolute Gasteiger partial charge is 0.446 e. The molecule has 1 fully saturated rings. The van der Waals surface area contributed by atoms with E-state index in [1.807, 2.05) is 0 Å². The van der Waals surface area contributed by atoms with Gasteiger partial charge in [0.1, 0.15) is 6.10 Å². The Morgan fingerprint density at radius 3 is 2.83 bits per heavy atom. The highest BCUT2D eigenvalue weighted by molar-refractivity contribution is 5.67. The molecule has 0 radical (unpaired) electrons. The van der Waals surface area contributed by atoms with Gasteiger partial charge in [-0.15, -0.1) is 0 Å². The number of rotatable bonds is 4. The van der Waals surface area contributed by atoms with E-state index in [1.165, 1.54) is 6.42 Å². The predicted octanol–water partition coefficient (Wildman–Crippen LogP) is 2.07. The highest BCUT2D eigenvalue weighted by Gasteiger charge is 2.20. The standard InChI is InChI=1S/C9H17NO2/c1-2-3-7-10-9(11)12-8-5-4-6-8/h8H,2-7H2,1H3,(H,10,11). The van der Waals surface area contributed by atoms with Crippen molar-refractivity contribution in [2.24, 2.45) is 0 Å². The molecule has 1 amide bonds. The van der Waals surface area contributed by atoms with Crippen LogP contribution in [-0.4, -0.2) is 18.7 Å². The molecule has 0 heterocycles. The molecule has 1 N–H and O–H groups in total. The van der Waals surface area contributed by atoms with Gasteiger partial charge in [0.2, 0.25) is 0 Å². The van der Waals surface area contributed by atoms with Crippen LogP contribution in [0.5, 0.6) is 0 Å². The summed E-state index contributed by atoms with van der Waals surface area (Å²) in [5.41, 5.74) is 0. The Morgan fingerprint density at radius 2 is 2.33 bits per heavy atom. The molecule has 1 aliphatic carbocycles. The highest BCUT2D eigenvalue weighted by atomic mass is 16.6. The monoisotopic (exact) mass is 171 g/mol. The molecule has 0 unspecified atom stereocenters. The number of hydrogen-bond donors (Lipinski definition) is 1. The van der Waals surface area contributed by atoms with Crippen LogP contribution in [0.1, 0.15) is 39.0 Å². The second kappa shape index (κ2) is 5.01. The maximum Gasteiger partial charge on any atom is 0.407 e. The molecule has 0 aromatic carbocycles. The Bertz CT molecular complexity index is 143. The fourth-order valence-corrected chi connectivity index (χ4v) is 1.05. The summed E-state index contributed by atoms with van der Waals surface area (Å²) in [6.07, 6.45) is 5.37. The van der Waals surface area contributed by atoms with Gasteiger partial charge in [0, 0.05) is 6.54 Å². The van der Waals surface area contributed by atoms with Crippen LogP contribution in [0.15, 0.2) is 0 Å². The van der Waals surface area contributed by atoms with Gasteiger partial charge in [0.25, 0.3) is 0 Å². The van der Waals surface area contributed by atoms with Crippen LogP contribution in [0.3, 0.4) is 0 Å². The van der Waals surface area contributed by atoms with Crippen molar-refractivity contribution >= 4 is 6.09 Å². The van der Waals surface area contributed by atoms with E-state index in [-0.39, 0.29) is 12.2 Å². The number of unbranched alkanes of at least 4 members (excludes halogenated alkanes) is 1. The Labute approximate surface area is 73.5 Å². The zero-order chi connectivity index (χ0) is 8.81. The number of hydrogen-bond acceptors (Lipinski definition) is 2. The lowest BCUT2D eigenvalue weighted by molar-refractivity contribution is 0.0525. The van der Waals surface area contributed by atoms with Crippen molar-refractivity contribution in [1.29, 1.82) is 0 Å². The maximum atomic E-state index is 11.0. The van der Waals surface area contributed by atoms with E-state index in [9.17, 15) is 4.79 Å². The average molecular weight is 171 g/mol. The number of ether oxygens (including phenoxy) is 1. The van der Waals surface area contributed by atoms with Crippen LogP contribution in [0.2, 0.25) is 0 Å². The molecule has 1 aliphatic rings. The molecule has 0 aromatic rings. The third-order valence-electron chi connectivity index (χ3n) is 2.13. The summed E-state index contributed by atoms with van der Waals surface area (Å²) >= 11 is 0. The first-order valence-electron chi connectivity index (χ1n) is 4.77. The Kier molecular flexibility index (Phi) is 3.91. The minimum absolute atomic E-state index is 0.201. The Hall–Kier alpha value is -0.730. The van der Waals surface area contributed by atoms with Crippen molar-refractivity contribution in [3.8, 4) is 0 Å². The summed E-state index contributed by atoms with van der Waals surface area (Å²) in [5.74, 6) is 0. The van der Waals surface area contributed by atoms with Crippen LogP contribution in [-0.2, 0) is 4.74 Å². The summed E-state index contributed by atoms with van der Waals surface area (Å²) < 4.78 is 5.08. The Morgan fingerprint density at radius 1 is 1.58 bits per heavy atom. The number of alkyl carbamates (subject to hydrolysis) is 1. The third kappa shape index (κ3) is 3.11. The molecule has 12 heavy (non-hydrogen) atoms. The smallest absolute Gasteiger partial charge is 0.407 e. The zero-order valence-electron chi connectivity index (χ0n) is 7.64. The number of amides is 1. The van der Waals surface area contributed by atoms with Crippen molar-refractivity contribution in [1.82, 2.24) is 5.32 Å². The maximum absolute atomic E-state index is 11.0. The number of carbonyl (C=O) groups excluding carboxylic acids is 1. The molecule has 1 rings (SSSR count). The fourth-order valence-electron chi connectivity index (χ4n) is 1.05. The quantitative estimate of drug-likeness (QED) is 0.657. The molecule has 0 aliphatic heterocycles. The third-order valence-corrected chi connectivity index (χ3v) is 2.13. The van der Waals surface area contributed by atoms with Gasteiger partial charge in [-0.3, -0.25) is 0 Å². The molecule has 0 aromatic heterocycles. The van der Waals surface area contributed by atoms with Crippen LogP contribution >= 0.6 is 0 Å². The predicted molar refractivity (Wildman–Crippen MR) is 47.0 cm³/mol. The second-order valence-electron chi connectivity index (χ2n) is 3.24. The molecular formula is C9H17NO2. The fraction of sp³-hybridized carbons (Fsp3) is 0.889. The van der Waals surface area contributed by atoms with Gasteiger partial charge in [-0.05, 0) is 25.7 Å². The molecule has 3 nitrogen and oxygen atoms in total. The van der Waals surface area contributed by atoms with Crippen molar-refractivity contribution in [2.45, 2.75) is 45.1 Å². The average Bonchev–Trinajstić information content (AvgIpc) is 1.98. The van der Waals surface area contributed by atoms with Gasteiger partial charge in [0.05, 0.1) is 0 Å². The summed E-state index contributed by atoms with van der Waals surface area (Å²) in [6, 6.07) is 0. The van der Waals surface area contributed by atoms with Gasteiger partial charge in [-0.25, -0.2) is 4.79 Å². The van der Waals surface area contributed by atoms with Crippen LogP contribution in [0.4, 0.5) is 4.79 Å². The van der Waals surface area contributed by atoms with Crippen molar-refractivity contribution in [3.05, 3.63) is 0 Å². The molecule has 1 saturated carbocycles. The number of carbonyl (C=O) groups is 1. The van der Waals surface area contributed by atoms with E-state index >= 15 is 0 Å². The molecule has 0 atom stereocenters. The lowest BCUT2D eigenvalue weighted by Crippen LogP contribution is -2.32. The summed E-state index contributed by atoms with van der Waals surface area (Å²) in [7, 11) is 0. The molecule has 3 heteroatoms. The summed E-state index contributed by atoms with van der Waals surface area (Å²) in [5, 5.41) is 2.72. The zero-order valence-corrected chi connectivity index (χ0v) is 7.64. The second-order valence-corrected chi connectivity index (χ2v) is 3.24. The van der Waals surface area contributed by atoms with Gasteiger partial charge in [-0.2, -0.15) is 0 Å². The van der Waals surface area contributed by atoms with Crippen molar-refractivity contribution in [3.63, 3.8) is 0 Å². The van der Waals surface area contributed by atoms with E-state index in [1.54, 1.807) is 0 Å².